The molecule has 0 amide bonds. The molecule has 0 spiro atoms. The first-order valence-electron chi connectivity index (χ1n) is 6.44. The summed E-state index contributed by atoms with van der Waals surface area (Å²) in [5.74, 6) is 0.491. The first-order valence-corrected chi connectivity index (χ1v) is 7.97. The maximum atomic E-state index is 11.4. The molecule has 0 saturated heterocycles. The number of hydrogen-bond acceptors (Lipinski definition) is 4. The first-order chi connectivity index (χ1) is 8.70. The van der Waals surface area contributed by atoms with Gasteiger partial charge in [0.15, 0.2) is 0 Å². The van der Waals surface area contributed by atoms with Gasteiger partial charge in [-0.25, -0.2) is 4.57 Å². The third-order valence-electron chi connectivity index (χ3n) is 2.54. The summed E-state index contributed by atoms with van der Waals surface area (Å²) in [5.41, 5.74) is 0. The Bertz CT molecular complexity index is 333. The molecular formula is C12H23O6P. The fourth-order valence-corrected chi connectivity index (χ4v) is 1.80. The third kappa shape index (κ3) is 13.7. The molecule has 0 bridgehead atoms. The van der Waals surface area contributed by atoms with E-state index in [0.717, 1.165) is 6.42 Å². The zero-order chi connectivity index (χ0) is 14.9. The first kappa shape index (κ1) is 18.4. The number of carbonyl (C=O) groups is 2. The average molecular weight is 294 g/mol. The summed E-state index contributed by atoms with van der Waals surface area (Å²) in [6, 6.07) is 0. The highest BCUT2D eigenvalue weighted by atomic mass is 31.2. The Labute approximate surface area is 113 Å². The number of rotatable bonds is 11. The molecule has 0 radical (unpaired) electrons. The van der Waals surface area contributed by atoms with Crippen LogP contribution in [0.2, 0.25) is 0 Å². The molecule has 0 aliphatic carbocycles. The van der Waals surface area contributed by atoms with Gasteiger partial charge in [-0.05, 0) is 18.8 Å². The van der Waals surface area contributed by atoms with Gasteiger partial charge in [-0.2, -0.15) is 0 Å². The monoisotopic (exact) mass is 294 g/mol. The van der Waals surface area contributed by atoms with Gasteiger partial charge < -0.3 is 9.79 Å². The van der Waals surface area contributed by atoms with E-state index in [9.17, 15) is 14.2 Å². The molecule has 0 saturated carbocycles. The van der Waals surface area contributed by atoms with E-state index in [0.29, 0.717) is 12.3 Å². The van der Waals surface area contributed by atoms with Gasteiger partial charge in [0.05, 0.1) is 6.61 Å². The molecule has 7 heteroatoms. The van der Waals surface area contributed by atoms with Crippen molar-refractivity contribution in [2.24, 2.45) is 5.92 Å². The largest absolute Gasteiger partial charge is 0.469 e. The van der Waals surface area contributed by atoms with Crippen molar-refractivity contribution in [2.75, 3.05) is 6.61 Å². The summed E-state index contributed by atoms with van der Waals surface area (Å²) in [6.07, 6.45) is 2.23. The van der Waals surface area contributed by atoms with E-state index in [1.54, 1.807) is 0 Å². The molecule has 0 atom stereocenters. The van der Waals surface area contributed by atoms with Gasteiger partial charge >= 0.3 is 7.82 Å². The normalized spacial score (nSPS) is 11.8. The quantitative estimate of drug-likeness (QED) is 0.447. The number of Topliss-reactive ketones (excluding diaryl/α,β-unsaturated/α-hetero) is 2. The van der Waals surface area contributed by atoms with Crippen LogP contribution in [-0.4, -0.2) is 28.0 Å². The highest BCUT2D eigenvalue weighted by Crippen LogP contribution is 2.35. The molecule has 0 aromatic heterocycles. The second-order valence-electron chi connectivity index (χ2n) is 4.94. The van der Waals surface area contributed by atoms with Gasteiger partial charge in [0, 0.05) is 25.7 Å². The molecule has 0 heterocycles. The Hall–Kier alpha value is -0.550. The minimum absolute atomic E-state index is 0.0767. The van der Waals surface area contributed by atoms with Crippen LogP contribution in [0.4, 0.5) is 0 Å². The highest BCUT2D eigenvalue weighted by molar-refractivity contribution is 7.46. The second-order valence-corrected chi connectivity index (χ2v) is 6.18. The van der Waals surface area contributed by atoms with Crippen molar-refractivity contribution >= 4 is 19.4 Å². The fourth-order valence-electron chi connectivity index (χ4n) is 1.43. The predicted octanol–water partition coefficient (Wildman–Crippen LogP) is 2.23. The van der Waals surface area contributed by atoms with Crippen LogP contribution >= 0.6 is 7.82 Å². The topological polar surface area (TPSA) is 101 Å². The van der Waals surface area contributed by atoms with Crippen LogP contribution < -0.4 is 0 Å². The maximum absolute atomic E-state index is 11.4. The Morgan fingerprint density at radius 1 is 1.05 bits per heavy atom. The van der Waals surface area contributed by atoms with Crippen LogP contribution in [-0.2, 0) is 18.7 Å². The van der Waals surface area contributed by atoms with E-state index in [2.05, 4.69) is 4.52 Å². The fraction of sp³-hybridized carbons (Fsp3) is 0.833. The summed E-state index contributed by atoms with van der Waals surface area (Å²) >= 11 is 0. The molecule has 0 aliphatic rings. The predicted molar refractivity (Wildman–Crippen MR) is 70.6 cm³/mol. The third-order valence-corrected chi connectivity index (χ3v) is 3.06. The molecule has 2 N–H and O–H groups in total. The minimum Gasteiger partial charge on any atom is -0.303 e. The van der Waals surface area contributed by atoms with Crippen LogP contribution in [0.3, 0.4) is 0 Å². The number of phosphoric ester groups is 1. The van der Waals surface area contributed by atoms with Gasteiger partial charge in [0.2, 0.25) is 0 Å². The standard InChI is InChI=1S/C12H23O6P/c1-10(2)5-6-12(14)8-7-11(13)4-3-9-18-19(15,16)17/h10H,3-9H2,1-2H3,(H2,15,16,17). The molecule has 0 unspecified atom stereocenters. The molecule has 0 rings (SSSR count). The molecule has 0 aliphatic heterocycles. The maximum Gasteiger partial charge on any atom is 0.469 e. The summed E-state index contributed by atoms with van der Waals surface area (Å²) in [6.45, 7) is 3.93. The van der Waals surface area contributed by atoms with E-state index < -0.39 is 7.82 Å². The smallest absolute Gasteiger partial charge is 0.303 e. The zero-order valence-corrected chi connectivity index (χ0v) is 12.4. The summed E-state index contributed by atoms with van der Waals surface area (Å²) in [4.78, 5) is 39.7. The van der Waals surface area contributed by atoms with Gasteiger partial charge in [-0.3, -0.25) is 14.1 Å². The van der Waals surface area contributed by atoms with Gasteiger partial charge in [-0.15, -0.1) is 0 Å². The highest BCUT2D eigenvalue weighted by Gasteiger charge is 2.13. The molecule has 0 aromatic carbocycles. The van der Waals surface area contributed by atoms with Crippen molar-refractivity contribution in [3.05, 3.63) is 0 Å². The van der Waals surface area contributed by atoms with Crippen molar-refractivity contribution in [3.63, 3.8) is 0 Å². The lowest BCUT2D eigenvalue weighted by Crippen LogP contribution is -2.06. The van der Waals surface area contributed by atoms with Crippen LogP contribution in [0.25, 0.3) is 0 Å². The Morgan fingerprint density at radius 3 is 2.05 bits per heavy atom. The molecule has 112 valence electrons. The van der Waals surface area contributed by atoms with Crippen LogP contribution in [0.15, 0.2) is 0 Å². The number of carbonyl (C=O) groups excluding carboxylic acids is 2. The lowest BCUT2D eigenvalue weighted by Gasteiger charge is -2.05. The summed E-state index contributed by atoms with van der Waals surface area (Å²) < 4.78 is 14.6. The van der Waals surface area contributed by atoms with Gasteiger partial charge in [-0.1, -0.05) is 13.8 Å². The molecule has 19 heavy (non-hydrogen) atoms. The SMILES string of the molecule is CC(C)CCC(=O)CCC(=O)CCCOP(=O)(O)O. The van der Waals surface area contributed by atoms with Gasteiger partial charge in [0.1, 0.15) is 11.6 Å². The number of hydrogen-bond donors (Lipinski definition) is 2. The number of ketones is 2. The second kappa shape index (κ2) is 9.37. The van der Waals surface area contributed by atoms with Crippen LogP contribution in [0.1, 0.15) is 52.4 Å². The van der Waals surface area contributed by atoms with E-state index in [1.165, 1.54) is 0 Å². The van der Waals surface area contributed by atoms with Crippen LogP contribution in [0, 0.1) is 5.92 Å². The number of phosphoric acid groups is 1. The zero-order valence-electron chi connectivity index (χ0n) is 11.5. The van der Waals surface area contributed by atoms with E-state index in [-0.39, 0.29) is 43.9 Å². The van der Waals surface area contributed by atoms with Gasteiger partial charge in [0.25, 0.3) is 0 Å². The Balaban J connectivity index is 3.59. The lowest BCUT2D eigenvalue weighted by molar-refractivity contribution is -0.124. The van der Waals surface area contributed by atoms with Crippen molar-refractivity contribution < 1.29 is 28.5 Å². The molecular weight excluding hydrogens is 271 g/mol. The summed E-state index contributed by atoms with van der Waals surface area (Å²) in [7, 11) is -4.44. The summed E-state index contributed by atoms with van der Waals surface area (Å²) in [5, 5.41) is 0. The average Bonchev–Trinajstić information content (AvgIpc) is 2.28. The molecule has 6 nitrogen and oxygen atoms in total. The van der Waals surface area contributed by atoms with E-state index >= 15 is 0 Å². The Kier molecular flexibility index (Phi) is 9.10. The Morgan fingerprint density at radius 2 is 1.58 bits per heavy atom. The van der Waals surface area contributed by atoms with Crippen molar-refractivity contribution in [2.45, 2.75) is 52.4 Å². The minimum atomic E-state index is -4.44. The van der Waals surface area contributed by atoms with Crippen molar-refractivity contribution in [1.82, 2.24) is 0 Å². The van der Waals surface area contributed by atoms with E-state index in [4.69, 9.17) is 9.79 Å². The van der Waals surface area contributed by atoms with E-state index in [1.807, 2.05) is 13.8 Å². The van der Waals surface area contributed by atoms with Crippen molar-refractivity contribution in [3.8, 4) is 0 Å². The lowest BCUT2D eigenvalue weighted by atomic mass is 10.0. The molecule has 0 aromatic rings. The van der Waals surface area contributed by atoms with Crippen molar-refractivity contribution in [1.29, 1.82) is 0 Å². The molecule has 0 fully saturated rings. The van der Waals surface area contributed by atoms with Crippen LogP contribution in [0.5, 0.6) is 0 Å².